The number of isocyanates is 1. The van der Waals surface area contributed by atoms with E-state index < -0.39 is 108 Å². The van der Waals surface area contributed by atoms with Gasteiger partial charge in [0.1, 0.15) is 46.8 Å². The van der Waals surface area contributed by atoms with Crippen LogP contribution in [0, 0.1) is 29.2 Å². The van der Waals surface area contributed by atoms with Crippen molar-refractivity contribution < 1.29 is 80.8 Å². The molecule has 7 amide bonds. The van der Waals surface area contributed by atoms with Crippen LogP contribution in [0.2, 0.25) is 0 Å². The fraction of sp³-hybridized carbons (Fsp3) is 0.154. The van der Waals surface area contributed by atoms with Gasteiger partial charge in [0.25, 0.3) is 34.1 Å². The summed E-state index contributed by atoms with van der Waals surface area (Å²) in [6.45, 7) is 1.31. The summed E-state index contributed by atoms with van der Waals surface area (Å²) in [4.78, 5) is 168. The molecular weight excluding hydrogens is 1480 g/mol. The number of aromatic amines is 4. The first kappa shape index (κ1) is 78.9. The van der Waals surface area contributed by atoms with Gasteiger partial charge < -0.3 is 31.3 Å². The second-order valence-electron chi connectivity index (χ2n) is 25.5. The molecule has 14 rings (SSSR count). The van der Waals surface area contributed by atoms with E-state index >= 15 is 0 Å². The largest absolute Gasteiger partial charge is 0.481 e. The predicted molar refractivity (Wildman–Crippen MR) is 398 cm³/mol. The summed E-state index contributed by atoms with van der Waals surface area (Å²) >= 11 is 0. The van der Waals surface area contributed by atoms with Gasteiger partial charge >= 0.3 is 30.0 Å². The zero-order chi connectivity index (χ0) is 80.9. The summed E-state index contributed by atoms with van der Waals surface area (Å²) in [6, 6.07) is 40.2. The Morgan fingerprint density at radius 1 is 0.451 bits per heavy atom. The van der Waals surface area contributed by atoms with Crippen molar-refractivity contribution >= 4 is 125 Å². The number of amides is 7. The Balaban J connectivity index is 0.000000150. The fourth-order valence-electron chi connectivity index (χ4n) is 12.4. The topological polar surface area (TPSA) is 469 Å². The molecule has 0 saturated carbocycles. The number of hydrogen-bond acceptors (Lipinski definition) is 19. The number of imide groups is 2. The van der Waals surface area contributed by atoms with Gasteiger partial charge in [-0.25, -0.2) is 62.1 Å². The minimum absolute atomic E-state index is 0.0683. The Kier molecular flexibility index (Phi) is 24.3. The number of aliphatic carboxylic acids is 3. The van der Waals surface area contributed by atoms with Crippen LogP contribution in [0.3, 0.4) is 0 Å². The van der Waals surface area contributed by atoms with Crippen LogP contribution in [-0.2, 0) is 64.0 Å². The highest BCUT2D eigenvalue weighted by molar-refractivity contribution is 6.23. The van der Waals surface area contributed by atoms with Crippen LogP contribution in [-0.4, -0.2) is 128 Å². The summed E-state index contributed by atoms with van der Waals surface area (Å²) in [5.41, 5.74) is 2.77. The molecule has 35 heteroatoms. The normalized spacial score (nSPS) is 13.8. The van der Waals surface area contributed by atoms with Crippen molar-refractivity contribution in [1.82, 2.24) is 51.4 Å². The van der Waals surface area contributed by atoms with Gasteiger partial charge in [-0.2, -0.15) is 25.4 Å². The van der Waals surface area contributed by atoms with E-state index in [9.17, 15) is 84.7 Å². The lowest BCUT2D eigenvalue weighted by molar-refractivity contribution is -0.149. The Morgan fingerprint density at radius 3 is 1.15 bits per heavy atom. The number of halogens is 4. The number of rotatable bonds is 21. The van der Waals surface area contributed by atoms with Crippen molar-refractivity contribution in [1.29, 1.82) is 0 Å². The van der Waals surface area contributed by atoms with Crippen molar-refractivity contribution in [3.63, 3.8) is 0 Å². The smallest absolute Gasteiger partial charge is 0.329 e. The molecule has 2 aliphatic heterocycles. The van der Waals surface area contributed by atoms with E-state index in [4.69, 9.17) is 15.3 Å². The number of aromatic nitrogens is 8. The maximum Gasteiger partial charge on any atom is 0.329 e. The molecule has 2 fully saturated rings. The van der Waals surface area contributed by atoms with Crippen LogP contribution in [0.15, 0.2) is 194 Å². The fourth-order valence-corrected chi connectivity index (χ4v) is 12.4. The molecule has 2 saturated heterocycles. The monoisotopic (exact) mass is 1540 g/mol. The van der Waals surface area contributed by atoms with Crippen LogP contribution in [0.1, 0.15) is 77.6 Å². The number of nitrogens with one attached hydrogen (secondary N) is 7. The lowest BCUT2D eigenvalue weighted by Gasteiger charge is -2.15. The number of anilines is 3. The zero-order valence-electron chi connectivity index (χ0n) is 58.8. The zero-order valence-corrected chi connectivity index (χ0v) is 58.8. The number of Topliss-reactive ketones (excluding diaryl/α,β-unsaturated/α-hetero) is 1. The highest BCUT2D eigenvalue weighted by atomic mass is 19.1. The van der Waals surface area contributed by atoms with E-state index in [0.717, 1.165) is 29.1 Å². The molecule has 4 aromatic heterocycles. The molecule has 6 heterocycles. The van der Waals surface area contributed by atoms with Crippen molar-refractivity contribution in [2.75, 3.05) is 15.1 Å². The number of carbonyl (C=O) groups is 9. The van der Waals surface area contributed by atoms with Gasteiger partial charge in [0, 0.05) is 60.1 Å². The number of ketones is 1. The van der Waals surface area contributed by atoms with E-state index in [2.05, 4.69) is 61.7 Å². The van der Waals surface area contributed by atoms with Gasteiger partial charge in [-0.15, -0.1) is 0 Å². The molecule has 8 aromatic carbocycles. The minimum atomic E-state index is -1.43. The second kappa shape index (κ2) is 34.8. The molecule has 572 valence electrons. The molecule has 10 N–H and O–H groups in total. The number of carboxylic acids is 3. The van der Waals surface area contributed by atoms with Crippen molar-refractivity contribution in [3.8, 4) is 0 Å². The van der Waals surface area contributed by atoms with E-state index in [1.54, 1.807) is 97.1 Å². The molecule has 12 aromatic rings. The summed E-state index contributed by atoms with van der Waals surface area (Å²) in [5.74, 6) is -11.0. The molecule has 0 aliphatic carbocycles. The first-order valence-electron chi connectivity index (χ1n) is 33.9. The summed E-state index contributed by atoms with van der Waals surface area (Å²) in [7, 11) is 0. The van der Waals surface area contributed by atoms with Gasteiger partial charge in [-0.05, 0) is 102 Å². The quantitative estimate of drug-likeness (QED) is 0.0140. The number of nitrogens with zero attached hydrogens (tertiary/aromatic N) is 7. The number of H-pyrrole nitrogens is 4. The summed E-state index contributed by atoms with van der Waals surface area (Å²) in [5, 5.41) is 64.3. The van der Waals surface area contributed by atoms with Crippen LogP contribution >= 0.6 is 0 Å². The van der Waals surface area contributed by atoms with Crippen LogP contribution in [0.5, 0.6) is 0 Å². The summed E-state index contributed by atoms with van der Waals surface area (Å²) < 4.78 is 56.6. The van der Waals surface area contributed by atoms with Crippen molar-refractivity contribution in [2.24, 2.45) is 10.9 Å². The van der Waals surface area contributed by atoms with E-state index in [1.807, 2.05) is 6.07 Å². The second-order valence-corrected chi connectivity index (χ2v) is 25.5. The summed E-state index contributed by atoms with van der Waals surface area (Å²) in [6.07, 6.45) is 0.276. The van der Waals surface area contributed by atoms with Gasteiger partial charge in [0.2, 0.25) is 12.0 Å². The minimum Gasteiger partial charge on any atom is -0.481 e. The number of urea groups is 2. The Morgan fingerprint density at radius 2 is 0.796 bits per heavy atom. The first-order chi connectivity index (χ1) is 54.1. The molecular formula is C78H60F4N14O17. The number of carbonyl (C=O) groups excluding carboxylic acids is 7. The average molecular weight is 1540 g/mol. The molecule has 3 atom stereocenters. The lowest BCUT2D eigenvalue weighted by Crippen LogP contribution is -2.33. The average Bonchev–Trinajstić information content (AvgIpc) is 1.72. The molecule has 0 bridgehead atoms. The van der Waals surface area contributed by atoms with Crippen LogP contribution < -0.4 is 48.0 Å². The van der Waals surface area contributed by atoms with Gasteiger partial charge in [0.05, 0.1) is 80.1 Å². The van der Waals surface area contributed by atoms with Crippen LogP contribution in [0.4, 0.5) is 49.9 Å². The molecule has 2 aliphatic rings. The highest BCUT2D eigenvalue weighted by Gasteiger charge is 2.42. The third-order valence-electron chi connectivity index (χ3n) is 17.7. The Hall–Kier alpha value is -15.2. The number of benzene rings is 8. The first-order valence-corrected chi connectivity index (χ1v) is 33.9. The molecule has 0 spiro atoms. The number of hydrogen-bond donors (Lipinski definition) is 10. The standard InChI is InChI=1S/C21H17FN4O4.C21H18FN3O6.C20H15FN4O5.C16H10FN3O2/c1-11(27)8-17-20(29)26(21(30)23-17)18-10-12(6-7-15(18)22)9-16-13-4-2-3-5-14(13)19(28)25-24-16;22-15-6-5-11(7-16-13-3-1-2-4-14(13)20(29)25-24-16)8-17(15)23-18(26)9-12(21(30)31)10-19(27)28;21-13-6-5-10(7-14-11-3-1-2-4-12(11)18(28)24-23-14)8-16(13)25-19(29)15(9-17(26)27)22-20(25)30;17-13-6-5-10(8-15(13)18-9-21)7-14-11-3-1-2-4-12(11)16(22)20-19-14/h2-7,10,17H,8-9H2,1H3,(H,23,30)(H,25,28);1-6,8,12H,7,9-10H2,(H,23,26)(H,25,29)(H,27,28)(H,30,31);1-6,8,15H,7,9H2,(H,22,30)(H,24,28)(H,26,27);1-6,8H,7H2,(H,20,22). The number of aliphatic imine (C=N–C) groups is 1. The third kappa shape index (κ3) is 18.7. The van der Waals surface area contributed by atoms with E-state index in [0.29, 0.717) is 93.4 Å². The third-order valence-corrected chi connectivity index (χ3v) is 17.7. The van der Waals surface area contributed by atoms with Crippen molar-refractivity contribution in [3.05, 3.63) is 280 Å². The Bertz CT molecular complexity index is 5970. The van der Waals surface area contributed by atoms with E-state index in [1.165, 1.54) is 61.5 Å². The van der Waals surface area contributed by atoms with Gasteiger partial charge in [0.15, 0.2) is 0 Å². The molecule has 3 unspecified atom stereocenters. The van der Waals surface area contributed by atoms with E-state index in [-0.39, 0.29) is 76.5 Å². The lowest BCUT2D eigenvalue weighted by atomic mass is 10.0. The highest BCUT2D eigenvalue weighted by Crippen LogP contribution is 2.31. The Labute approximate surface area is 631 Å². The SMILES string of the molecule is CC(=O)CC1NC(=O)N(c2cc(Cc3n[nH]c(=O)c4ccccc34)ccc2F)C1=O.O=C(O)CC(CC(=O)Nc1cc(Cc2n[nH]c(=O)c3ccccc23)ccc1F)C(=O)O.O=C(O)CC1NC(=O)N(c2cc(Cc3n[nH]c(=O)c4ccccc34)ccc2F)C1=O.O=C=Nc1cc(Cc2n[nH]c(=O)c3ccccc23)ccc1F. The van der Waals surface area contributed by atoms with Crippen molar-refractivity contribution in [2.45, 2.75) is 70.4 Å². The molecule has 0 radical (unpaired) electrons. The van der Waals surface area contributed by atoms with Crippen LogP contribution in [0.25, 0.3) is 43.1 Å². The van der Waals surface area contributed by atoms with Gasteiger partial charge in [-0.3, -0.25) is 52.7 Å². The number of carboxylic acid groups (broad SMARTS) is 3. The maximum atomic E-state index is 14.5. The predicted octanol–water partition coefficient (Wildman–Crippen LogP) is 8.39. The molecule has 113 heavy (non-hydrogen) atoms. The molecule has 31 nitrogen and oxygen atoms in total. The van der Waals surface area contributed by atoms with Gasteiger partial charge in [-0.1, -0.05) is 97.1 Å². The maximum absolute atomic E-state index is 14.5. The number of fused-ring (bicyclic) bond motifs is 4.